The van der Waals surface area contributed by atoms with Crippen LogP contribution in [0.5, 0.6) is 5.75 Å². The van der Waals surface area contributed by atoms with Crippen LogP contribution in [0, 0.1) is 0 Å². The molecule has 6 heteroatoms. The van der Waals surface area contributed by atoms with E-state index in [0.717, 1.165) is 28.2 Å². The quantitative estimate of drug-likeness (QED) is 0.844. The fourth-order valence-corrected chi connectivity index (χ4v) is 3.76. The maximum absolute atomic E-state index is 6.11. The molecule has 20 heavy (non-hydrogen) atoms. The number of hydrogen-bond acceptors (Lipinski definition) is 4. The van der Waals surface area contributed by atoms with Gasteiger partial charge in [0.05, 0.1) is 6.20 Å². The molecule has 1 N–H and O–H groups in total. The van der Waals surface area contributed by atoms with Gasteiger partial charge in [-0.25, -0.2) is 4.98 Å². The minimum atomic E-state index is -0.0432. The third-order valence-corrected chi connectivity index (χ3v) is 4.99. The van der Waals surface area contributed by atoms with Crippen molar-refractivity contribution < 1.29 is 4.74 Å². The van der Waals surface area contributed by atoms with Crippen molar-refractivity contribution >= 4 is 38.9 Å². The molecule has 0 radical (unpaired) electrons. The first-order valence-corrected chi connectivity index (χ1v) is 8.47. The van der Waals surface area contributed by atoms with Gasteiger partial charge in [-0.3, -0.25) is 0 Å². The van der Waals surface area contributed by atoms with E-state index in [9.17, 15) is 0 Å². The van der Waals surface area contributed by atoms with E-state index in [0.29, 0.717) is 4.34 Å². The number of thiazole rings is 1. The average Bonchev–Trinajstić information content (AvgIpc) is 2.85. The number of nitrogens with zero attached hydrogens (tertiary/aromatic N) is 1. The SMILES string of the molecule is CCNC1CC(c2ncc(Cl)s2)Oc2cc(Br)ccc21. The molecule has 0 aliphatic carbocycles. The molecule has 1 aromatic heterocycles. The Morgan fingerprint density at radius 2 is 2.40 bits per heavy atom. The number of halogens is 2. The van der Waals surface area contributed by atoms with Gasteiger partial charge in [0.15, 0.2) is 6.10 Å². The van der Waals surface area contributed by atoms with Crippen LogP contribution in [0.4, 0.5) is 0 Å². The second-order valence-electron chi connectivity index (χ2n) is 4.64. The Bertz CT molecular complexity index is 619. The molecule has 106 valence electrons. The van der Waals surface area contributed by atoms with Crippen LogP contribution >= 0.6 is 38.9 Å². The van der Waals surface area contributed by atoms with E-state index < -0.39 is 0 Å². The first kappa shape index (κ1) is 14.3. The molecule has 0 bridgehead atoms. The Hall–Kier alpha value is -0.620. The summed E-state index contributed by atoms with van der Waals surface area (Å²) in [4.78, 5) is 4.35. The van der Waals surface area contributed by atoms with Gasteiger partial charge in [0.2, 0.25) is 0 Å². The van der Waals surface area contributed by atoms with Crippen LogP contribution in [0.3, 0.4) is 0 Å². The predicted molar refractivity (Wildman–Crippen MR) is 85.7 cm³/mol. The topological polar surface area (TPSA) is 34.2 Å². The minimum Gasteiger partial charge on any atom is -0.483 e. The number of ether oxygens (including phenoxy) is 1. The summed E-state index contributed by atoms with van der Waals surface area (Å²) in [5.41, 5.74) is 1.20. The van der Waals surface area contributed by atoms with Crippen molar-refractivity contribution in [2.45, 2.75) is 25.5 Å². The predicted octanol–water partition coefficient (Wildman–Crippen LogP) is 4.73. The van der Waals surface area contributed by atoms with Gasteiger partial charge in [0.1, 0.15) is 15.1 Å². The molecule has 1 aliphatic rings. The Morgan fingerprint density at radius 3 is 3.10 bits per heavy atom. The van der Waals surface area contributed by atoms with Gasteiger partial charge in [0, 0.05) is 22.5 Å². The highest BCUT2D eigenvalue weighted by atomic mass is 79.9. The highest BCUT2D eigenvalue weighted by Gasteiger charge is 2.30. The summed E-state index contributed by atoms with van der Waals surface area (Å²) < 4.78 is 7.82. The van der Waals surface area contributed by atoms with E-state index in [-0.39, 0.29) is 12.1 Å². The lowest BCUT2D eigenvalue weighted by Crippen LogP contribution is -2.28. The molecule has 0 amide bonds. The zero-order valence-corrected chi connectivity index (χ0v) is 14.1. The molecular formula is C14H14BrClN2OS. The van der Waals surface area contributed by atoms with Gasteiger partial charge < -0.3 is 10.1 Å². The second kappa shape index (κ2) is 6.02. The lowest BCUT2D eigenvalue weighted by atomic mass is 9.96. The van der Waals surface area contributed by atoms with E-state index in [1.165, 1.54) is 16.9 Å². The molecule has 0 saturated heterocycles. The minimum absolute atomic E-state index is 0.0432. The lowest BCUT2D eigenvalue weighted by Gasteiger charge is -2.31. The monoisotopic (exact) mass is 372 g/mol. The van der Waals surface area contributed by atoms with Crippen LogP contribution < -0.4 is 10.1 Å². The third kappa shape index (κ3) is 2.86. The van der Waals surface area contributed by atoms with Crippen LogP contribution in [0.25, 0.3) is 0 Å². The largest absolute Gasteiger partial charge is 0.483 e. The fraction of sp³-hybridized carbons (Fsp3) is 0.357. The van der Waals surface area contributed by atoms with E-state index >= 15 is 0 Å². The fourth-order valence-electron chi connectivity index (χ4n) is 2.45. The molecule has 2 atom stereocenters. The molecule has 1 aromatic carbocycles. The van der Waals surface area contributed by atoms with Gasteiger partial charge in [-0.05, 0) is 18.7 Å². The van der Waals surface area contributed by atoms with Gasteiger partial charge in [-0.2, -0.15) is 0 Å². The number of fused-ring (bicyclic) bond motifs is 1. The van der Waals surface area contributed by atoms with Crippen LogP contribution in [0.15, 0.2) is 28.9 Å². The maximum Gasteiger partial charge on any atom is 0.152 e. The molecule has 0 fully saturated rings. The molecule has 0 spiro atoms. The normalized spacial score (nSPS) is 21.4. The summed E-state index contributed by atoms with van der Waals surface area (Å²) in [5, 5.41) is 4.45. The molecular weight excluding hydrogens is 360 g/mol. The molecule has 3 nitrogen and oxygen atoms in total. The molecule has 1 aliphatic heterocycles. The first-order valence-electron chi connectivity index (χ1n) is 6.48. The average molecular weight is 374 g/mol. The van der Waals surface area contributed by atoms with Gasteiger partial charge in [-0.1, -0.05) is 40.5 Å². The van der Waals surface area contributed by atoms with E-state index in [4.69, 9.17) is 16.3 Å². The highest BCUT2D eigenvalue weighted by molar-refractivity contribution is 9.10. The molecule has 2 heterocycles. The Labute approximate surface area is 135 Å². The van der Waals surface area contributed by atoms with Crippen LogP contribution in [0.2, 0.25) is 4.34 Å². The second-order valence-corrected chi connectivity index (χ2v) is 7.25. The number of hydrogen-bond donors (Lipinski definition) is 1. The molecule has 2 aromatic rings. The maximum atomic E-state index is 6.11. The zero-order chi connectivity index (χ0) is 14.1. The zero-order valence-electron chi connectivity index (χ0n) is 10.9. The van der Waals surface area contributed by atoms with E-state index in [1.807, 2.05) is 12.1 Å². The first-order chi connectivity index (χ1) is 9.67. The standard InChI is InChI=1S/C14H14BrClN2OS/c1-2-17-10-6-12(14-18-7-13(16)20-14)19-11-5-8(15)3-4-9(10)11/h3-5,7,10,12,17H,2,6H2,1H3. The van der Waals surface area contributed by atoms with Crippen molar-refractivity contribution in [1.82, 2.24) is 10.3 Å². The van der Waals surface area contributed by atoms with Gasteiger partial charge in [0.25, 0.3) is 0 Å². The van der Waals surface area contributed by atoms with E-state index in [1.54, 1.807) is 6.20 Å². The van der Waals surface area contributed by atoms with Crippen LogP contribution in [-0.2, 0) is 0 Å². The van der Waals surface area contributed by atoms with Crippen molar-refractivity contribution in [3.63, 3.8) is 0 Å². The van der Waals surface area contributed by atoms with Crippen molar-refractivity contribution in [1.29, 1.82) is 0 Å². The summed E-state index contributed by atoms with van der Waals surface area (Å²) in [6, 6.07) is 6.45. The molecule has 3 rings (SSSR count). The Morgan fingerprint density at radius 1 is 1.55 bits per heavy atom. The highest BCUT2D eigenvalue weighted by Crippen LogP contribution is 2.43. The van der Waals surface area contributed by atoms with Crippen LogP contribution in [-0.4, -0.2) is 11.5 Å². The van der Waals surface area contributed by atoms with Crippen molar-refractivity contribution in [2.24, 2.45) is 0 Å². The Kier molecular flexibility index (Phi) is 4.31. The summed E-state index contributed by atoms with van der Waals surface area (Å²) >= 11 is 11.0. The van der Waals surface area contributed by atoms with Gasteiger partial charge in [-0.15, -0.1) is 11.3 Å². The van der Waals surface area contributed by atoms with Crippen LogP contribution in [0.1, 0.15) is 36.1 Å². The molecule has 0 saturated carbocycles. The van der Waals surface area contributed by atoms with Gasteiger partial charge >= 0.3 is 0 Å². The molecule has 2 unspecified atom stereocenters. The third-order valence-electron chi connectivity index (χ3n) is 3.29. The Balaban J connectivity index is 1.94. The number of rotatable bonds is 3. The summed E-state index contributed by atoms with van der Waals surface area (Å²) in [5.74, 6) is 0.910. The van der Waals surface area contributed by atoms with Crippen molar-refractivity contribution in [3.05, 3.63) is 43.8 Å². The summed E-state index contributed by atoms with van der Waals surface area (Å²) in [7, 11) is 0. The smallest absolute Gasteiger partial charge is 0.152 e. The van der Waals surface area contributed by atoms with E-state index in [2.05, 4.69) is 39.2 Å². The number of aromatic nitrogens is 1. The summed E-state index contributed by atoms with van der Waals surface area (Å²) in [6.07, 6.45) is 2.51. The van der Waals surface area contributed by atoms with Crippen molar-refractivity contribution in [3.8, 4) is 5.75 Å². The lowest BCUT2D eigenvalue weighted by molar-refractivity contribution is 0.151. The van der Waals surface area contributed by atoms with Crippen molar-refractivity contribution in [2.75, 3.05) is 6.54 Å². The number of nitrogens with one attached hydrogen (secondary N) is 1. The summed E-state index contributed by atoms with van der Waals surface area (Å²) in [6.45, 7) is 3.04. The number of benzene rings is 1.